The minimum Gasteiger partial charge on any atom is -0.458 e. The van der Waals surface area contributed by atoms with E-state index in [1.807, 2.05) is 6.92 Å². The SMILES string of the molecule is C=C1C(=O)OC2C1C(OC(=O)C(C)=CC)CC(=C)C1C(O)C=C(C)C21. The van der Waals surface area contributed by atoms with Crippen LogP contribution in [0.1, 0.15) is 27.2 Å². The van der Waals surface area contributed by atoms with Gasteiger partial charge in [-0.25, -0.2) is 9.59 Å². The van der Waals surface area contributed by atoms with Crippen LogP contribution in [0.5, 0.6) is 0 Å². The van der Waals surface area contributed by atoms with Gasteiger partial charge in [0.2, 0.25) is 0 Å². The number of aliphatic hydroxyl groups excluding tert-OH is 1. The molecule has 0 bridgehead atoms. The van der Waals surface area contributed by atoms with Gasteiger partial charge in [-0.05, 0) is 20.8 Å². The van der Waals surface area contributed by atoms with E-state index in [0.29, 0.717) is 17.6 Å². The molecule has 0 spiro atoms. The lowest BCUT2D eigenvalue weighted by Gasteiger charge is -2.29. The minimum absolute atomic E-state index is 0.165. The van der Waals surface area contributed by atoms with Crippen molar-refractivity contribution in [3.8, 4) is 0 Å². The van der Waals surface area contributed by atoms with Gasteiger partial charge in [0.25, 0.3) is 0 Å². The molecule has 0 radical (unpaired) electrons. The number of esters is 2. The Morgan fingerprint density at radius 3 is 2.68 bits per heavy atom. The van der Waals surface area contributed by atoms with Gasteiger partial charge in [-0.1, -0.05) is 36.5 Å². The highest BCUT2D eigenvalue weighted by atomic mass is 16.6. The summed E-state index contributed by atoms with van der Waals surface area (Å²) in [5.41, 5.74) is 2.59. The summed E-state index contributed by atoms with van der Waals surface area (Å²) >= 11 is 0. The van der Waals surface area contributed by atoms with Crippen LogP contribution in [-0.2, 0) is 19.1 Å². The van der Waals surface area contributed by atoms with Crippen molar-refractivity contribution in [2.75, 3.05) is 0 Å². The minimum atomic E-state index is -0.669. The van der Waals surface area contributed by atoms with Gasteiger partial charge in [-0.2, -0.15) is 0 Å². The third kappa shape index (κ3) is 2.76. The average Bonchev–Trinajstić information content (AvgIpc) is 2.96. The summed E-state index contributed by atoms with van der Waals surface area (Å²) in [6.45, 7) is 13.4. The zero-order valence-corrected chi connectivity index (χ0v) is 14.8. The molecule has 3 aliphatic rings. The first-order chi connectivity index (χ1) is 11.8. The van der Waals surface area contributed by atoms with E-state index in [1.54, 1.807) is 26.0 Å². The monoisotopic (exact) mass is 344 g/mol. The molecular weight excluding hydrogens is 320 g/mol. The number of hydrogen-bond acceptors (Lipinski definition) is 5. The number of aliphatic hydroxyl groups is 1. The molecule has 1 N–H and O–H groups in total. The Hall–Kier alpha value is -2.14. The molecule has 2 aliphatic carbocycles. The number of fused-ring (bicyclic) bond motifs is 3. The van der Waals surface area contributed by atoms with Gasteiger partial charge in [0, 0.05) is 29.4 Å². The molecule has 5 nitrogen and oxygen atoms in total. The molecule has 1 heterocycles. The normalized spacial score (nSPS) is 37.8. The van der Waals surface area contributed by atoms with Crippen LogP contribution in [0.3, 0.4) is 0 Å². The number of hydrogen-bond donors (Lipinski definition) is 1. The highest BCUT2D eigenvalue weighted by Gasteiger charge is 2.56. The Morgan fingerprint density at radius 2 is 2.04 bits per heavy atom. The Labute approximate surface area is 147 Å². The van der Waals surface area contributed by atoms with Gasteiger partial charge in [0.15, 0.2) is 0 Å². The molecule has 0 aromatic carbocycles. The maximum Gasteiger partial charge on any atom is 0.334 e. The van der Waals surface area contributed by atoms with E-state index in [2.05, 4.69) is 13.2 Å². The Morgan fingerprint density at radius 1 is 1.36 bits per heavy atom. The lowest BCUT2D eigenvalue weighted by molar-refractivity contribution is -0.148. The summed E-state index contributed by atoms with van der Waals surface area (Å²) in [7, 11) is 0. The molecular formula is C20H24O5. The fourth-order valence-electron chi connectivity index (χ4n) is 4.26. The van der Waals surface area contributed by atoms with Crippen LogP contribution in [-0.4, -0.2) is 35.4 Å². The van der Waals surface area contributed by atoms with E-state index in [4.69, 9.17) is 9.47 Å². The summed E-state index contributed by atoms with van der Waals surface area (Å²) in [6, 6.07) is 0. The predicted octanol–water partition coefficient (Wildman–Crippen LogP) is 2.48. The van der Waals surface area contributed by atoms with Gasteiger partial charge in [-0.15, -0.1) is 0 Å². The predicted molar refractivity (Wildman–Crippen MR) is 92.3 cm³/mol. The highest BCUT2D eigenvalue weighted by molar-refractivity contribution is 5.92. The molecule has 0 aromatic heterocycles. The quantitative estimate of drug-likeness (QED) is 0.473. The van der Waals surface area contributed by atoms with E-state index in [-0.39, 0.29) is 11.8 Å². The van der Waals surface area contributed by atoms with Gasteiger partial charge >= 0.3 is 11.9 Å². The zero-order chi connectivity index (χ0) is 18.5. The first kappa shape index (κ1) is 17.7. The fraction of sp³-hybridized carbons (Fsp3) is 0.500. The van der Waals surface area contributed by atoms with E-state index >= 15 is 0 Å². The number of rotatable bonds is 2. The van der Waals surface area contributed by atoms with Crippen LogP contribution in [0.4, 0.5) is 0 Å². The molecule has 1 saturated heterocycles. The maximum absolute atomic E-state index is 12.3. The lowest BCUT2D eigenvalue weighted by Crippen LogP contribution is -2.36. The molecule has 6 unspecified atom stereocenters. The second-order valence-corrected chi connectivity index (χ2v) is 7.15. The van der Waals surface area contributed by atoms with Crippen molar-refractivity contribution >= 4 is 11.9 Å². The average molecular weight is 344 g/mol. The topological polar surface area (TPSA) is 72.8 Å². The zero-order valence-electron chi connectivity index (χ0n) is 14.8. The second kappa shape index (κ2) is 6.30. The second-order valence-electron chi connectivity index (χ2n) is 7.15. The van der Waals surface area contributed by atoms with Crippen LogP contribution in [0.15, 0.2) is 47.6 Å². The maximum atomic E-state index is 12.3. The molecule has 0 amide bonds. The van der Waals surface area contributed by atoms with Crippen molar-refractivity contribution in [2.24, 2.45) is 17.8 Å². The van der Waals surface area contributed by atoms with Crippen molar-refractivity contribution in [3.05, 3.63) is 47.6 Å². The van der Waals surface area contributed by atoms with Gasteiger partial charge in [0.05, 0.1) is 12.0 Å². The first-order valence-electron chi connectivity index (χ1n) is 8.54. The summed E-state index contributed by atoms with van der Waals surface area (Å²) in [4.78, 5) is 24.4. The smallest absolute Gasteiger partial charge is 0.334 e. The third-order valence-corrected chi connectivity index (χ3v) is 5.68. The van der Waals surface area contributed by atoms with Crippen LogP contribution in [0, 0.1) is 17.8 Å². The molecule has 1 aliphatic heterocycles. The molecule has 2 fully saturated rings. The fourth-order valence-corrected chi connectivity index (χ4v) is 4.26. The third-order valence-electron chi connectivity index (χ3n) is 5.68. The lowest BCUT2D eigenvalue weighted by atomic mass is 9.79. The van der Waals surface area contributed by atoms with E-state index in [0.717, 1.165) is 11.1 Å². The van der Waals surface area contributed by atoms with E-state index in [9.17, 15) is 14.7 Å². The standard InChI is InChI=1S/C20H24O5/c1-6-9(2)19(22)24-14-8-11(4)15-13(21)7-10(3)16(15)18-17(14)12(5)20(23)25-18/h6-7,13-18,21H,4-5,8H2,1-3H3. The van der Waals surface area contributed by atoms with Crippen molar-refractivity contribution < 1.29 is 24.2 Å². The van der Waals surface area contributed by atoms with Crippen molar-refractivity contribution in [1.82, 2.24) is 0 Å². The summed E-state index contributed by atoms with van der Waals surface area (Å²) in [6.07, 6.45) is 2.10. The number of carbonyl (C=O) groups excluding carboxylic acids is 2. The molecule has 0 aromatic rings. The molecule has 3 rings (SSSR count). The van der Waals surface area contributed by atoms with Crippen LogP contribution < -0.4 is 0 Å². The summed E-state index contributed by atoms with van der Waals surface area (Å²) < 4.78 is 11.3. The van der Waals surface area contributed by atoms with Crippen LogP contribution >= 0.6 is 0 Å². The van der Waals surface area contributed by atoms with Gasteiger partial charge in [0.1, 0.15) is 12.2 Å². The molecule has 134 valence electrons. The molecule has 1 saturated carbocycles. The number of allylic oxidation sites excluding steroid dienone is 1. The highest BCUT2D eigenvalue weighted by Crippen LogP contribution is 2.51. The Bertz CT molecular complexity index is 714. The number of ether oxygens (including phenoxy) is 2. The summed E-state index contributed by atoms with van der Waals surface area (Å²) in [5, 5.41) is 10.4. The van der Waals surface area contributed by atoms with Crippen molar-refractivity contribution in [1.29, 1.82) is 0 Å². The van der Waals surface area contributed by atoms with Gasteiger partial charge in [-0.3, -0.25) is 0 Å². The largest absolute Gasteiger partial charge is 0.458 e. The first-order valence-corrected chi connectivity index (χ1v) is 8.54. The van der Waals surface area contributed by atoms with Crippen molar-refractivity contribution in [2.45, 2.75) is 45.5 Å². The summed E-state index contributed by atoms with van der Waals surface area (Å²) in [5.74, 6) is -1.72. The van der Waals surface area contributed by atoms with Crippen molar-refractivity contribution in [3.63, 3.8) is 0 Å². The van der Waals surface area contributed by atoms with E-state index < -0.39 is 36.2 Å². The van der Waals surface area contributed by atoms with E-state index in [1.165, 1.54) is 0 Å². The Balaban J connectivity index is 1.99. The van der Waals surface area contributed by atoms with Crippen LogP contribution in [0.2, 0.25) is 0 Å². The van der Waals surface area contributed by atoms with Crippen LogP contribution in [0.25, 0.3) is 0 Å². The number of carbonyl (C=O) groups is 2. The molecule has 25 heavy (non-hydrogen) atoms. The Kier molecular flexibility index (Phi) is 4.45. The molecule has 5 heteroatoms. The molecule has 6 atom stereocenters. The van der Waals surface area contributed by atoms with Gasteiger partial charge < -0.3 is 14.6 Å².